The normalized spacial score (nSPS) is 11.0. The summed E-state index contributed by atoms with van der Waals surface area (Å²) in [6, 6.07) is 18.0. The van der Waals surface area contributed by atoms with Crippen LogP contribution in [0.3, 0.4) is 0 Å². The second-order valence-corrected chi connectivity index (χ2v) is 7.24. The molecule has 0 saturated heterocycles. The Bertz CT molecular complexity index is 931. The van der Waals surface area contributed by atoms with Gasteiger partial charge in [-0.3, -0.25) is 9.59 Å². The maximum absolute atomic E-state index is 12.6. The zero-order valence-corrected chi connectivity index (χ0v) is 16.4. The van der Waals surface area contributed by atoms with Crippen LogP contribution in [0.25, 0.3) is 10.9 Å². The van der Waals surface area contributed by atoms with Gasteiger partial charge in [0, 0.05) is 36.2 Å². The van der Waals surface area contributed by atoms with E-state index in [1.807, 2.05) is 68.6 Å². The lowest BCUT2D eigenvalue weighted by Crippen LogP contribution is -2.39. The van der Waals surface area contributed by atoms with E-state index >= 15 is 0 Å². The Hall–Kier alpha value is -3.08. The first kappa shape index (κ1) is 19.7. The molecule has 1 heterocycles. The monoisotopic (exact) mass is 377 g/mol. The van der Waals surface area contributed by atoms with E-state index in [0.29, 0.717) is 13.1 Å². The van der Waals surface area contributed by atoms with Crippen LogP contribution < -0.4 is 5.32 Å². The number of H-pyrrole nitrogens is 1. The first-order valence-electron chi connectivity index (χ1n) is 9.69. The molecule has 28 heavy (non-hydrogen) atoms. The summed E-state index contributed by atoms with van der Waals surface area (Å²) >= 11 is 0. The van der Waals surface area contributed by atoms with Crippen molar-refractivity contribution < 1.29 is 9.59 Å². The number of aromatic nitrogens is 1. The lowest BCUT2D eigenvalue weighted by Gasteiger charge is -2.26. The molecule has 2 aromatic carbocycles. The molecule has 3 rings (SSSR count). The van der Waals surface area contributed by atoms with Gasteiger partial charge in [0.1, 0.15) is 6.42 Å². The number of carbonyl (C=O) groups is 2. The second kappa shape index (κ2) is 9.22. The molecule has 5 heteroatoms. The highest BCUT2D eigenvalue weighted by Crippen LogP contribution is 2.17. The van der Waals surface area contributed by atoms with Gasteiger partial charge < -0.3 is 15.2 Å². The highest BCUT2D eigenvalue weighted by molar-refractivity contribution is 5.97. The van der Waals surface area contributed by atoms with Crippen molar-refractivity contribution in [2.75, 3.05) is 6.54 Å². The van der Waals surface area contributed by atoms with Crippen molar-refractivity contribution in [2.24, 2.45) is 0 Å². The molecular weight excluding hydrogens is 350 g/mol. The summed E-state index contributed by atoms with van der Waals surface area (Å²) in [5, 5.41) is 4.04. The molecule has 0 aliphatic heterocycles. The van der Waals surface area contributed by atoms with Crippen molar-refractivity contribution in [2.45, 2.75) is 39.3 Å². The number of hydrogen-bond acceptors (Lipinski definition) is 2. The molecule has 0 spiro atoms. The number of amides is 2. The standard InChI is InChI=1S/C23H27N3O2/c1-17(2)26(16-18-8-4-3-5-9-18)23(28)14-22(27)24-13-12-19-15-25-21-11-7-6-10-20(19)21/h3-11,15,17,25H,12-14,16H2,1-2H3,(H,24,27). The molecule has 1 aromatic heterocycles. The van der Waals surface area contributed by atoms with E-state index in [-0.39, 0.29) is 24.3 Å². The van der Waals surface area contributed by atoms with E-state index in [1.54, 1.807) is 4.90 Å². The van der Waals surface area contributed by atoms with Gasteiger partial charge in [-0.05, 0) is 37.5 Å². The lowest BCUT2D eigenvalue weighted by atomic mass is 10.1. The minimum Gasteiger partial charge on any atom is -0.361 e. The maximum Gasteiger partial charge on any atom is 0.232 e. The first-order valence-corrected chi connectivity index (χ1v) is 9.69. The fourth-order valence-corrected chi connectivity index (χ4v) is 3.32. The van der Waals surface area contributed by atoms with Crippen LogP contribution in [0.2, 0.25) is 0 Å². The van der Waals surface area contributed by atoms with Crippen molar-refractivity contribution in [1.82, 2.24) is 15.2 Å². The number of rotatable bonds is 8. The van der Waals surface area contributed by atoms with Gasteiger partial charge in [0.15, 0.2) is 0 Å². The molecule has 0 saturated carbocycles. The third-order valence-electron chi connectivity index (χ3n) is 4.84. The Labute approximate surface area is 165 Å². The summed E-state index contributed by atoms with van der Waals surface area (Å²) < 4.78 is 0. The van der Waals surface area contributed by atoms with Crippen molar-refractivity contribution in [3.05, 3.63) is 71.9 Å². The molecule has 0 fully saturated rings. The number of hydrogen-bond donors (Lipinski definition) is 2. The van der Waals surface area contributed by atoms with Crippen LogP contribution in [0.1, 0.15) is 31.4 Å². The van der Waals surface area contributed by atoms with Gasteiger partial charge in [-0.15, -0.1) is 0 Å². The molecule has 2 N–H and O–H groups in total. The average Bonchev–Trinajstić information content (AvgIpc) is 3.10. The van der Waals surface area contributed by atoms with E-state index in [0.717, 1.165) is 23.1 Å². The number of carbonyl (C=O) groups excluding carboxylic acids is 2. The first-order chi connectivity index (χ1) is 13.5. The van der Waals surface area contributed by atoms with Crippen LogP contribution in [0.4, 0.5) is 0 Å². The third-order valence-corrected chi connectivity index (χ3v) is 4.84. The fourth-order valence-electron chi connectivity index (χ4n) is 3.32. The molecule has 0 bridgehead atoms. The summed E-state index contributed by atoms with van der Waals surface area (Å²) in [5.74, 6) is -0.382. The summed E-state index contributed by atoms with van der Waals surface area (Å²) in [6.45, 7) is 4.96. The van der Waals surface area contributed by atoms with Crippen molar-refractivity contribution >= 4 is 22.7 Å². The van der Waals surface area contributed by atoms with Gasteiger partial charge in [0.25, 0.3) is 0 Å². The molecule has 0 aliphatic rings. The fraction of sp³-hybridized carbons (Fsp3) is 0.304. The van der Waals surface area contributed by atoms with Gasteiger partial charge in [-0.25, -0.2) is 0 Å². The van der Waals surface area contributed by atoms with Crippen LogP contribution in [0.5, 0.6) is 0 Å². The van der Waals surface area contributed by atoms with E-state index in [4.69, 9.17) is 0 Å². The Morgan fingerprint density at radius 1 is 1.04 bits per heavy atom. The number of fused-ring (bicyclic) bond motifs is 1. The van der Waals surface area contributed by atoms with Crippen LogP contribution in [-0.2, 0) is 22.6 Å². The predicted octanol–water partition coefficient (Wildman–Crippen LogP) is 3.65. The maximum atomic E-state index is 12.6. The quantitative estimate of drug-likeness (QED) is 0.589. The molecule has 146 valence electrons. The van der Waals surface area contributed by atoms with E-state index in [9.17, 15) is 9.59 Å². The van der Waals surface area contributed by atoms with Crippen molar-refractivity contribution in [3.63, 3.8) is 0 Å². The van der Waals surface area contributed by atoms with Gasteiger partial charge >= 0.3 is 0 Å². The van der Waals surface area contributed by atoms with Crippen LogP contribution >= 0.6 is 0 Å². The molecule has 0 aliphatic carbocycles. The number of para-hydroxylation sites is 1. The average molecular weight is 377 g/mol. The summed E-state index contributed by atoms with van der Waals surface area (Å²) in [6.07, 6.45) is 2.57. The third kappa shape index (κ3) is 5.00. The second-order valence-electron chi connectivity index (χ2n) is 7.24. The SMILES string of the molecule is CC(C)N(Cc1ccccc1)C(=O)CC(=O)NCCc1c[nH]c2ccccc12. The lowest BCUT2D eigenvalue weighted by molar-refractivity contribution is -0.137. The summed E-state index contributed by atoms with van der Waals surface area (Å²) in [5.41, 5.74) is 3.31. The summed E-state index contributed by atoms with van der Waals surface area (Å²) in [7, 11) is 0. The molecular formula is C23H27N3O2. The Morgan fingerprint density at radius 2 is 1.75 bits per heavy atom. The molecule has 0 atom stereocenters. The Balaban J connectivity index is 1.50. The Kier molecular flexibility index (Phi) is 6.48. The number of benzene rings is 2. The number of nitrogens with one attached hydrogen (secondary N) is 2. The highest BCUT2D eigenvalue weighted by Gasteiger charge is 2.20. The highest BCUT2D eigenvalue weighted by atomic mass is 16.2. The number of aromatic amines is 1. The topological polar surface area (TPSA) is 65.2 Å². The smallest absolute Gasteiger partial charge is 0.232 e. The minimum absolute atomic E-state index is 0.0340. The van der Waals surface area contributed by atoms with E-state index in [2.05, 4.69) is 16.4 Å². The minimum atomic E-state index is -0.233. The largest absolute Gasteiger partial charge is 0.361 e. The van der Waals surface area contributed by atoms with Crippen molar-refractivity contribution in [3.8, 4) is 0 Å². The zero-order valence-electron chi connectivity index (χ0n) is 16.4. The molecule has 2 amide bonds. The predicted molar refractivity (Wildman–Crippen MR) is 112 cm³/mol. The van der Waals surface area contributed by atoms with Gasteiger partial charge in [0.05, 0.1) is 0 Å². The summed E-state index contributed by atoms with van der Waals surface area (Å²) in [4.78, 5) is 29.9. The van der Waals surface area contributed by atoms with Crippen molar-refractivity contribution in [1.29, 1.82) is 0 Å². The number of nitrogens with zero attached hydrogens (tertiary/aromatic N) is 1. The van der Waals surface area contributed by atoms with Gasteiger partial charge in [0.2, 0.25) is 11.8 Å². The van der Waals surface area contributed by atoms with Crippen LogP contribution in [0.15, 0.2) is 60.8 Å². The molecule has 0 radical (unpaired) electrons. The zero-order chi connectivity index (χ0) is 19.9. The molecule has 3 aromatic rings. The van der Waals surface area contributed by atoms with E-state index in [1.165, 1.54) is 5.39 Å². The Morgan fingerprint density at radius 3 is 2.50 bits per heavy atom. The van der Waals surface area contributed by atoms with Crippen LogP contribution in [-0.4, -0.2) is 34.3 Å². The molecule has 0 unspecified atom stereocenters. The van der Waals surface area contributed by atoms with Crippen LogP contribution in [0, 0.1) is 0 Å². The van der Waals surface area contributed by atoms with E-state index < -0.39 is 0 Å². The molecule has 5 nitrogen and oxygen atoms in total. The van der Waals surface area contributed by atoms with Gasteiger partial charge in [-0.2, -0.15) is 0 Å². The van der Waals surface area contributed by atoms with Gasteiger partial charge in [-0.1, -0.05) is 48.5 Å².